The number of carbonyl (C=O) groups excluding carboxylic acids is 2. The summed E-state index contributed by atoms with van der Waals surface area (Å²) in [7, 11) is 0. The molecule has 0 radical (unpaired) electrons. The number of hydrogen-bond acceptors (Lipinski definition) is 10. The third kappa shape index (κ3) is 9.81. The van der Waals surface area contributed by atoms with E-state index in [0.29, 0.717) is 12.8 Å². The van der Waals surface area contributed by atoms with Gasteiger partial charge in [0, 0.05) is 37.1 Å². The highest BCUT2D eigenvalue weighted by Crippen LogP contribution is 2.39. The van der Waals surface area contributed by atoms with Crippen molar-refractivity contribution in [2.75, 3.05) is 0 Å². The normalized spacial score (nSPS) is 10.8. The second-order valence-electron chi connectivity index (χ2n) is 8.60. The SMILES string of the molecule is O=C(CCCCCCCCCCCCC(=O)Oc1cc(O)c(O)c(O)c1)Oc1cc(O)c(O)c(O)c1. The molecule has 0 aliphatic heterocycles. The van der Waals surface area contributed by atoms with Crippen LogP contribution in [0.2, 0.25) is 0 Å². The van der Waals surface area contributed by atoms with Crippen LogP contribution >= 0.6 is 0 Å². The molecule has 10 heteroatoms. The van der Waals surface area contributed by atoms with Crippen molar-refractivity contribution in [2.45, 2.75) is 77.0 Å². The summed E-state index contributed by atoms with van der Waals surface area (Å²) < 4.78 is 10.1. The summed E-state index contributed by atoms with van der Waals surface area (Å²) in [6.45, 7) is 0. The Morgan fingerprint density at radius 2 is 0.722 bits per heavy atom. The third-order valence-corrected chi connectivity index (χ3v) is 5.56. The number of phenolic OH excluding ortho intramolecular Hbond substituents is 6. The molecule has 0 heterocycles. The molecule has 0 aliphatic carbocycles. The molecule has 36 heavy (non-hydrogen) atoms. The largest absolute Gasteiger partial charge is 0.504 e. The van der Waals surface area contributed by atoms with Crippen LogP contribution in [-0.4, -0.2) is 42.6 Å². The lowest BCUT2D eigenvalue weighted by Crippen LogP contribution is -2.07. The first-order valence-electron chi connectivity index (χ1n) is 12.1. The second-order valence-corrected chi connectivity index (χ2v) is 8.60. The second kappa shape index (κ2) is 14.6. The molecule has 0 unspecified atom stereocenters. The number of carbonyl (C=O) groups is 2. The van der Waals surface area contributed by atoms with Crippen LogP contribution in [0.1, 0.15) is 77.0 Å². The molecule has 198 valence electrons. The number of unbranched alkanes of at least 4 members (excludes halogenated alkanes) is 9. The van der Waals surface area contributed by atoms with E-state index < -0.39 is 46.4 Å². The molecule has 10 nitrogen and oxygen atoms in total. The van der Waals surface area contributed by atoms with Crippen LogP contribution in [0.4, 0.5) is 0 Å². The zero-order valence-electron chi connectivity index (χ0n) is 20.1. The van der Waals surface area contributed by atoms with E-state index in [1.54, 1.807) is 0 Å². The van der Waals surface area contributed by atoms with E-state index in [0.717, 1.165) is 75.6 Å². The van der Waals surface area contributed by atoms with E-state index in [1.807, 2.05) is 0 Å². The fourth-order valence-corrected chi connectivity index (χ4v) is 3.59. The molecule has 2 aromatic carbocycles. The number of aromatic hydroxyl groups is 6. The van der Waals surface area contributed by atoms with Crippen LogP contribution in [0.3, 0.4) is 0 Å². The molecule has 0 fully saturated rings. The predicted octanol–water partition coefficient (Wildman–Crippen LogP) is 5.11. The van der Waals surface area contributed by atoms with Gasteiger partial charge >= 0.3 is 11.9 Å². The summed E-state index contributed by atoms with van der Waals surface area (Å²) in [4.78, 5) is 23.7. The van der Waals surface area contributed by atoms with Crippen molar-refractivity contribution in [1.29, 1.82) is 0 Å². The molecule has 0 spiro atoms. The van der Waals surface area contributed by atoms with E-state index in [9.17, 15) is 40.2 Å². The van der Waals surface area contributed by atoms with Crippen molar-refractivity contribution in [3.05, 3.63) is 24.3 Å². The van der Waals surface area contributed by atoms with Gasteiger partial charge in [-0.05, 0) is 12.8 Å². The zero-order valence-corrected chi connectivity index (χ0v) is 20.1. The maximum Gasteiger partial charge on any atom is 0.311 e. The Balaban J connectivity index is 1.43. The Kier molecular flexibility index (Phi) is 11.5. The average molecular weight is 507 g/mol. The Morgan fingerprint density at radius 1 is 0.472 bits per heavy atom. The van der Waals surface area contributed by atoms with Crippen LogP contribution < -0.4 is 9.47 Å². The standard InChI is InChI=1S/C26H34O10/c27-19-13-17(14-20(28)25(19)33)35-23(31)11-9-7-5-3-1-2-4-6-8-10-12-24(32)36-18-15-21(29)26(34)22(30)16-18/h13-16,27-30,33-34H,1-12H2. The van der Waals surface area contributed by atoms with Crippen LogP contribution in [0, 0.1) is 0 Å². The highest BCUT2D eigenvalue weighted by molar-refractivity contribution is 5.73. The predicted molar refractivity (Wildman–Crippen MR) is 130 cm³/mol. The minimum atomic E-state index is -0.661. The molecular formula is C26H34O10. The topological polar surface area (TPSA) is 174 Å². The monoisotopic (exact) mass is 506 g/mol. The Bertz CT molecular complexity index is 890. The molecule has 0 amide bonds. The van der Waals surface area contributed by atoms with E-state index in [2.05, 4.69) is 0 Å². The van der Waals surface area contributed by atoms with E-state index >= 15 is 0 Å². The number of hydrogen-bond donors (Lipinski definition) is 6. The highest BCUT2D eigenvalue weighted by atomic mass is 16.5. The van der Waals surface area contributed by atoms with Crippen molar-refractivity contribution in [3.63, 3.8) is 0 Å². The van der Waals surface area contributed by atoms with Crippen molar-refractivity contribution in [2.24, 2.45) is 0 Å². The lowest BCUT2D eigenvalue weighted by molar-refractivity contribution is -0.135. The Morgan fingerprint density at radius 3 is 1.00 bits per heavy atom. The first-order valence-corrected chi connectivity index (χ1v) is 12.1. The van der Waals surface area contributed by atoms with Gasteiger partial charge in [0.2, 0.25) is 11.5 Å². The Hall–Kier alpha value is -3.82. The van der Waals surface area contributed by atoms with Gasteiger partial charge in [0.15, 0.2) is 23.0 Å². The third-order valence-electron chi connectivity index (χ3n) is 5.56. The highest BCUT2D eigenvalue weighted by Gasteiger charge is 2.13. The summed E-state index contributed by atoms with van der Waals surface area (Å²) in [5, 5.41) is 56.3. The first-order chi connectivity index (χ1) is 17.2. The van der Waals surface area contributed by atoms with Crippen molar-refractivity contribution >= 4 is 11.9 Å². The summed E-state index contributed by atoms with van der Waals surface area (Å²) in [6.07, 6.45) is 9.88. The summed E-state index contributed by atoms with van der Waals surface area (Å²) in [5.41, 5.74) is 0. The van der Waals surface area contributed by atoms with Gasteiger partial charge in [-0.1, -0.05) is 51.4 Å². The molecular weight excluding hydrogens is 472 g/mol. The molecule has 6 N–H and O–H groups in total. The smallest absolute Gasteiger partial charge is 0.311 e. The number of phenols is 6. The molecule has 0 saturated carbocycles. The molecule has 0 aliphatic rings. The molecule has 2 aromatic rings. The van der Waals surface area contributed by atoms with Gasteiger partial charge in [0.25, 0.3) is 0 Å². The Labute approximate surface area is 209 Å². The number of ether oxygens (including phenoxy) is 2. The number of esters is 2. The van der Waals surface area contributed by atoms with Gasteiger partial charge in [0.05, 0.1) is 0 Å². The van der Waals surface area contributed by atoms with Gasteiger partial charge < -0.3 is 40.1 Å². The van der Waals surface area contributed by atoms with Gasteiger partial charge in [-0.25, -0.2) is 0 Å². The number of benzene rings is 2. The minimum Gasteiger partial charge on any atom is -0.504 e. The number of rotatable bonds is 15. The maximum absolute atomic E-state index is 11.8. The van der Waals surface area contributed by atoms with Gasteiger partial charge in [-0.15, -0.1) is 0 Å². The quantitative estimate of drug-likeness (QED) is 0.0824. The van der Waals surface area contributed by atoms with E-state index in [-0.39, 0.29) is 24.3 Å². The first kappa shape index (κ1) is 28.4. The van der Waals surface area contributed by atoms with Gasteiger partial charge in [-0.3, -0.25) is 9.59 Å². The fourth-order valence-electron chi connectivity index (χ4n) is 3.59. The fraction of sp³-hybridized carbons (Fsp3) is 0.462. The molecule has 0 atom stereocenters. The van der Waals surface area contributed by atoms with Crippen molar-refractivity contribution in [3.8, 4) is 46.0 Å². The lowest BCUT2D eigenvalue weighted by Gasteiger charge is -2.07. The maximum atomic E-state index is 11.8. The van der Waals surface area contributed by atoms with Crippen LogP contribution in [0.15, 0.2) is 24.3 Å². The van der Waals surface area contributed by atoms with Crippen LogP contribution in [-0.2, 0) is 9.59 Å². The summed E-state index contributed by atoms with van der Waals surface area (Å²) >= 11 is 0. The lowest BCUT2D eigenvalue weighted by atomic mass is 10.1. The van der Waals surface area contributed by atoms with Gasteiger partial charge in [-0.2, -0.15) is 0 Å². The summed E-state index contributed by atoms with van der Waals surface area (Å²) in [5.74, 6) is -4.55. The van der Waals surface area contributed by atoms with Crippen LogP contribution in [0.5, 0.6) is 46.0 Å². The summed E-state index contributed by atoms with van der Waals surface area (Å²) in [6, 6.07) is 4.26. The minimum absolute atomic E-state index is 0.0254. The molecule has 2 rings (SSSR count). The van der Waals surface area contributed by atoms with Crippen molar-refractivity contribution < 1.29 is 49.7 Å². The van der Waals surface area contributed by atoms with Gasteiger partial charge in [0.1, 0.15) is 11.5 Å². The molecule has 0 aromatic heterocycles. The zero-order chi connectivity index (χ0) is 26.5. The van der Waals surface area contributed by atoms with E-state index in [4.69, 9.17) is 9.47 Å². The molecule has 0 saturated heterocycles. The van der Waals surface area contributed by atoms with E-state index in [1.165, 1.54) is 0 Å². The van der Waals surface area contributed by atoms with Crippen molar-refractivity contribution in [1.82, 2.24) is 0 Å². The average Bonchev–Trinajstić information content (AvgIpc) is 2.81. The van der Waals surface area contributed by atoms with Crippen LogP contribution in [0.25, 0.3) is 0 Å². The molecule has 0 bridgehead atoms.